The molecule has 16 heavy (non-hydrogen) atoms. The third kappa shape index (κ3) is 12.1. The van der Waals surface area contributed by atoms with E-state index in [1.807, 2.05) is 41.5 Å². The smallest absolute Gasteiger partial charge is 0.0598 e. The topological polar surface area (TPSA) is 35.5 Å². The summed E-state index contributed by atoms with van der Waals surface area (Å²) in [6.45, 7) is 13.1. The first-order valence-electron chi connectivity index (χ1n) is 5.73. The van der Waals surface area contributed by atoms with Crippen LogP contribution in [0.5, 0.6) is 0 Å². The van der Waals surface area contributed by atoms with Gasteiger partial charge in [0.05, 0.1) is 24.4 Å². The summed E-state index contributed by atoms with van der Waals surface area (Å²) >= 11 is 0. The zero-order valence-corrected chi connectivity index (χ0v) is 12.3. The highest BCUT2D eigenvalue weighted by molar-refractivity contribution is 7.85. The average Bonchev–Trinajstić information content (AvgIpc) is 1.98. The van der Waals surface area contributed by atoms with Crippen molar-refractivity contribution in [3.63, 3.8) is 0 Å². The molecule has 0 aliphatic carbocycles. The lowest BCUT2D eigenvalue weighted by molar-refractivity contribution is 0.00497. The molecule has 0 aromatic carbocycles. The summed E-state index contributed by atoms with van der Waals surface area (Å²) in [5.74, 6) is 1.18. The lowest BCUT2D eigenvalue weighted by atomic mass is 10.2. The first-order valence-corrected chi connectivity index (χ1v) is 7.22. The Kier molecular flexibility index (Phi) is 6.75. The summed E-state index contributed by atoms with van der Waals surface area (Å²) in [6.07, 6.45) is 0. The van der Waals surface area contributed by atoms with Crippen molar-refractivity contribution in [2.75, 3.05) is 24.7 Å². The SMILES string of the molecule is CC(C)(C)OCCS(=O)CCOC(C)(C)C. The molecule has 0 aliphatic heterocycles. The highest BCUT2D eigenvalue weighted by Crippen LogP contribution is 2.07. The van der Waals surface area contributed by atoms with E-state index in [0.29, 0.717) is 24.7 Å². The van der Waals surface area contributed by atoms with Gasteiger partial charge in [-0.15, -0.1) is 0 Å². The maximum absolute atomic E-state index is 11.6. The zero-order valence-electron chi connectivity index (χ0n) is 11.5. The monoisotopic (exact) mass is 250 g/mol. The van der Waals surface area contributed by atoms with Crippen molar-refractivity contribution in [3.05, 3.63) is 0 Å². The molecule has 0 bridgehead atoms. The molecule has 0 unspecified atom stereocenters. The van der Waals surface area contributed by atoms with Gasteiger partial charge in [-0.1, -0.05) is 0 Å². The van der Waals surface area contributed by atoms with Gasteiger partial charge in [-0.3, -0.25) is 4.21 Å². The molecule has 0 amide bonds. The fourth-order valence-electron chi connectivity index (χ4n) is 0.984. The highest BCUT2D eigenvalue weighted by atomic mass is 32.2. The second kappa shape index (κ2) is 6.72. The minimum atomic E-state index is -0.839. The largest absolute Gasteiger partial charge is 0.375 e. The first-order chi connectivity index (χ1) is 7.10. The number of hydrogen-bond acceptors (Lipinski definition) is 3. The summed E-state index contributed by atoms with van der Waals surface area (Å²) in [6, 6.07) is 0. The maximum Gasteiger partial charge on any atom is 0.0598 e. The van der Waals surface area contributed by atoms with Gasteiger partial charge >= 0.3 is 0 Å². The van der Waals surface area contributed by atoms with Crippen LogP contribution in [0.3, 0.4) is 0 Å². The maximum atomic E-state index is 11.6. The summed E-state index contributed by atoms with van der Waals surface area (Å²) in [4.78, 5) is 0. The van der Waals surface area contributed by atoms with E-state index in [1.165, 1.54) is 0 Å². The Bertz CT molecular complexity index is 191. The van der Waals surface area contributed by atoms with E-state index in [1.54, 1.807) is 0 Å². The molecule has 0 saturated heterocycles. The molecule has 0 aromatic rings. The van der Waals surface area contributed by atoms with Crippen LogP contribution in [0.2, 0.25) is 0 Å². The number of ether oxygens (including phenoxy) is 2. The Morgan fingerprint density at radius 1 is 0.812 bits per heavy atom. The van der Waals surface area contributed by atoms with E-state index in [0.717, 1.165) is 0 Å². The first kappa shape index (κ1) is 16.1. The molecule has 0 spiro atoms. The van der Waals surface area contributed by atoms with Gasteiger partial charge in [0.15, 0.2) is 0 Å². The molecule has 0 aromatic heterocycles. The number of rotatable bonds is 6. The van der Waals surface area contributed by atoms with Crippen LogP contribution in [-0.4, -0.2) is 40.1 Å². The van der Waals surface area contributed by atoms with Crippen LogP contribution in [0, 0.1) is 0 Å². The van der Waals surface area contributed by atoms with Gasteiger partial charge < -0.3 is 9.47 Å². The van der Waals surface area contributed by atoms with Crippen LogP contribution >= 0.6 is 0 Å². The average molecular weight is 250 g/mol. The van der Waals surface area contributed by atoms with Crippen molar-refractivity contribution < 1.29 is 13.7 Å². The Balaban J connectivity index is 3.53. The molecule has 0 N–H and O–H groups in total. The van der Waals surface area contributed by atoms with Crippen LogP contribution in [0.1, 0.15) is 41.5 Å². The predicted octanol–water partition coefficient (Wildman–Crippen LogP) is 2.37. The third-order valence-corrected chi connectivity index (χ3v) is 2.94. The lowest BCUT2D eigenvalue weighted by Crippen LogP contribution is -2.25. The molecule has 4 heteroatoms. The molecule has 0 rings (SSSR count). The van der Waals surface area contributed by atoms with Crippen molar-refractivity contribution >= 4 is 10.8 Å². The van der Waals surface area contributed by atoms with Gasteiger partial charge in [-0.25, -0.2) is 0 Å². The van der Waals surface area contributed by atoms with Gasteiger partial charge in [-0.05, 0) is 41.5 Å². The Morgan fingerprint density at radius 3 is 1.38 bits per heavy atom. The third-order valence-electron chi connectivity index (χ3n) is 1.69. The highest BCUT2D eigenvalue weighted by Gasteiger charge is 2.12. The minimum absolute atomic E-state index is 0.147. The standard InChI is InChI=1S/C12H26O3S/c1-11(2,3)14-7-9-16(13)10-8-15-12(4,5)6/h7-10H2,1-6H3. The molecule has 3 nitrogen and oxygen atoms in total. The molecule has 98 valence electrons. The van der Waals surface area contributed by atoms with Crippen molar-refractivity contribution in [1.82, 2.24) is 0 Å². The van der Waals surface area contributed by atoms with Gasteiger partial charge in [0.2, 0.25) is 0 Å². The second-order valence-electron chi connectivity index (χ2n) is 5.77. The fraction of sp³-hybridized carbons (Fsp3) is 1.00. The lowest BCUT2D eigenvalue weighted by Gasteiger charge is -2.20. The minimum Gasteiger partial charge on any atom is -0.375 e. The summed E-state index contributed by atoms with van der Waals surface area (Å²) < 4.78 is 22.6. The van der Waals surface area contributed by atoms with Gasteiger partial charge in [0, 0.05) is 22.3 Å². The van der Waals surface area contributed by atoms with E-state index in [4.69, 9.17) is 9.47 Å². The van der Waals surface area contributed by atoms with E-state index < -0.39 is 10.8 Å². The van der Waals surface area contributed by atoms with Crippen molar-refractivity contribution in [1.29, 1.82) is 0 Å². The Hall–Kier alpha value is 0.0700. The second-order valence-corrected chi connectivity index (χ2v) is 7.47. The number of hydrogen-bond donors (Lipinski definition) is 0. The van der Waals surface area contributed by atoms with Gasteiger partial charge in [0.25, 0.3) is 0 Å². The molecule has 0 aliphatic rings. The van der Waals surface area contributed by atoms with Crippen LogP contribution in [-0.2, 0) is 20.3 Å². The van der Waals surface area contributed by atoms with E-state index >= 15 is 0 Å². The summed E-state index contributed by atoms with van der Waals surface area (Å²) in [5, 5.41) is 0. The van der Waals surface area contributed by atoms with Crippen LogP contribution < -0.4 is 0 Å². The molecule has 0 saturated carbocycles. The van der Waals surface area contributed by atoms with Crippen LogP contribution in [0.15, 0.2) is 0 Å². The fourth-order valence-corrected chi connectivity index (χ4v) is 1.73. The quantitative estimate of drug-likeness (QED) is 0.726. The molecular weight excluding hydrogens is 224 g/mol. The molecule has 0 radical (unpaired) electrons. The van der Waals surface area contributed by atoms with E-state index in [2.05, 4.69) is 0 Å². The normalized spacial score (nSPS) is 13.4. The Labute approximate surface area is 102 Å². The van der Waals surface area contributed by atoms with Crippen molar-refractivity contribution in [3.8, 4) is 0 Å². The summed E-state index contributed by atoms with van der Waals surface area (Å²) in [5.41, 5.74) is -0.293. The van der Waals surface area contributed by atoms with E-state index in [9.17, 15) is 4.21 Å². The molecular formula is C12H26O3S. The van der Waals surface area contributed by atoms with Crippen molar-refractivity contribution in [2.24, 2.45) is 0 Å². The van der Waals surface area contributed by atoms with Gasteiger partial charge in [0.1, 0.15) is 0 Å². The Morgan fingerprint density at radius 2 is 1.12 bits per heavy atom. The van der Waals surface area contributed by atoms with Gasteiger partial charge in [-0.2, -0.15) is 0 Å². The summed E-state index contributed by atoms with van der Waals surface area (Å²) in [7, 11) is -0.839. The van der Waals surface area contributed by atoms with E-state index in [-0.39, 0.29) is 11.2 Å². The van der Waals surface area contributed by atoms with Crippen LogP contribution in [0.4, 0.5) is 0 Å². The van der Waals surface area contributed by atoms with Crippen LogP contribution in [0.25, 0.3) is 0 Å². The molecule has 0 heterocycles. The molecule has 0 fully saturated rings. The molecule has 0 atom stereocenters. The predicted molar refractivity (Wildman–Crippen MR) is 69.3 cm³/mol. The zero-order chi connectivity index (χ0) is 12.8. The van der Waals surface area contributed by atoms with Crippen molar-refractivity contribution in [2.45, 2.75) is 52.7 Å².